The molecule has 0 unspecified atom stereocenters. The molecule has 0 aromatic heterocycles. The van der Waals surface area contributed by atoms with Crippen molar-refractivity contribution in [3.63, 3.8) is 0 Å². The summed E-state index contributed by atoms with van der Waals surface area (Å²) < 4.78 is 0. The predicted octanol–water partition coefficient (Wildman–Crippen LogP) is 3.34. The maximum Gasteiger partial charge on any atom is 0.0371 e. The van der Waals surface area contributed by atoms with Crippen LogP contribution in [0.4, 0.5) is 5.69 Å². The molecule has 0 aliphatic heterocycles. The maximum absolute atomic E-state index is 3.23. The van der Waals surface area contributed by atoms with Crippen LogP contribution in [0.1, 0.15) is 37.8 Å². The molecule has 1 fully saturated rings. The molecule has 1 aliphatic rings. The lowest BCUT2D eigenvalue weighted by molar-refractivity contribution is 0.607. The van der Waals surface area contributed by atoms with E-state index in [1.165, 1.54) is 36.2 Å². The van der Waals surface area contributed by atoms with Crippen molar-refractivity contribution in [2.45, 2.75) is 46.2 Å². The molecule has 100 valence electrons. The van der Waals surface area contributed by atoms with E-state index in [0.29, 0.717) is 0 Å². The quantitative estimate of drug-likeness (QED) is 0.828. The number of hydrogen-bond donors (Lipinski definition) is 1. The van der Waals surface area contributed by atoms with E-state index in [4.69, 9.17) is 0 Å². The van der Waals surface area contributed by atoms with E-state index in [9.17, 15) is 0 Å². The van der Waals surface area contributed by atoms with Gasteiger partial charge in [-0.1, -0.05) is 19.9 Å². The fourth-order valence-corrected chi connectivity index (χ4v) is 2.49. The molecule has 0 bridgehead atoms. The van der Waals surface area contributed by atoms with Crippen LogP contribution < -0.4 is 10.2 Å². The molecule has 1 aliphatic carbocycles. The molecule has 0 atom stereocenters. The lowest BCUT2D eigenvalue weighted by atomic mass is 10.1. The maximum atomic E-state index is 3.23. The minimum Gasteiger partial charge on any atom is -0.368 e. The summed E-state index contributed by atoms with van der Waals surface area (Å²) in [5, 5.41) is 3.23. The van der Waals surface area contributed by atoms with Crippen LogP contribution in [0.3, 0.4) is 0 Å². The van der Waals surface area contributed by atoms with E-state index in [1.807, 2.05) is 7.05 Å². The first-order chi connectivity index (χ1) is 8.61. The van der Waals surface area contributed by atoms with E-state index in [-0.39, 0.29) is 0 Å². The van der Waals surface area contributed by atoms with Crippen molar-refractivity contribution in [1.29, 1.82) is 0 Å². The summed E-state index contributed by atoms with van der Waals surface area (Å²) in [5.41, 5.74) is 4.21. The Morgan fingerprint density at radius 3 is 2.56 bits per heavy atom. The first kappa shape index (κ1) is 13.4. The fourth-order valence-electron chi connectivity index (χ4n) is 2.49. The van der Waals surface area contributed by atoms with Crippen molar-refractivity contribution >= 4 is 5.69 Å². The summed E-state index contributed by atoms with van der Waals surface area (Å²) in [6.07, 6.45) is 2.73. The monoisotopic (exact) mass is 246 g/mol. The molecule has 2 nitrogen and oxygen atoms in total. The third kappa shape index (κ3) is 3.26. The molecule has 1 saturated carbocycles. The van der Waals surface area contributed by atoms with Crippen LogP contribution in [0.2, 0.25) is 0 Å². The summed E-state index contributed by atoms with van der Waals surface area (Å²) in [4.78, 5) is 2.60. The molecule has 2 rings (SSSR count). The first-order valence-electron chi connectivity index (χ1n) is 7.12. The van der Waals surface area contributed by atoms with Gasteiger partial charge in [-0.25, -0.2) is 0 Å². The zero-order valence-electron chi connectivity index (χ0n) is 12.2. The molecule has 18 heavy (non-hydrogen) atoms. The number of nitrogens with zero attached hydrogens (tertiary/aromatic N) is 1. The molecular formula is C16H26N2. The third-order valence-electron chi connectivity index (χ3n) is 3.57. The van der Waals surface area contributed by atoms with Gasteiger partial charge in [-0.2, -0.15) is 0 Å². The van der Waals surface area contributed by atoms with Gasteiger partial charge < -0.3 is 10.2 Å². The van der Waals surface area contributed by atoms with Crippen LogP contribution in [-0.4, -0.2) is 19.6 Å². The van der Waals surface area contributed by atoms with Gasteiger partial charge in [0.05, 0.1) is 0 Å². The van der Waals surface area contributed by atoms with Crippen molar-refractivity contribution in [1.82, 2.24) is 5.32 Å². The largest absolute Gasteiger partial charge is 0.368 e. The Kier molecular flexibility index (Phi) is 4.28. The van der Waals surface area contributed by atoms with Crippen LogP contribution in [0.5, 0.6) is 0 Å². The Morgan fingerprint density at radius 1 is 1.33 bits per heavy atom. The van der Waals surface area contributed by atoms with Gasteiger partial charge in [0.15, 0.2) is 0 Å². The third-order valence-corrected chi connectivity index (χ3v) is 3.57. The standard InChI is InChI=1S/C16H26N2/c1-12(2)11-18(15-7-8-15)16-6-5-14(10-17-4)13(3)9-16/h5-6,9,12,15,17H,7-8,10-11H2,1-4H3. The second-order valence-corrected chi connectivity index (χ2v) is 5.92. The highest BCUT2D eigenvalue weighted by atomic mass is 15.2. The summed E-state index contributed by atoms with van der Waals surface area (Å²) in [5.74, 6) is 0.725. The Morgan fingerprint density at radius 2 is 2.06 bits per heavy atom. The van der Waals surface area contributed by atoms with Crippen LogP contribution in [0, 0.1) is 12.8 Å². The second kappa shape index (κ2) is 5.75. The predicted molar refractivity (Wildman–Crippen MR) is 79.1 cm³/mol. The van der Waals surface area contributed by atoms with Crippen molar-refractivity contribution in [3.05, 3.63) is 29.3 Å². The van der Waals surface area contributed by atoms with Crippen molar-refractivity contribution in [3.8, 4) is 0 Å². The lowest BCUT2D eigenvalue weighted by Crippen LogP contribution is -2.29. The van der Waals surface area contributed by atoms with E-state index >= 15 is 0 Å². The molecule has 2 heteroatoms. The molecule has 1 aromatic carbocycles. The Balaban J connectivity index is 2.17. The topological polar surface area (TPSA) is 15.3 Å². The highest BCUT2D eigenvalue weighted by Gasteiger charge is 2.29. The Labute approximate surface area is 111 Å². The minimum atomic E-state index is 0.725. The minimum absolute atomic E-state index is 0.725. The van der Waals surface area contributed by atoms with Crippen molar-refractivity contribution in [2.75, 3.05) is 18.5 Å². The number of nitrogens with one attached hydrogen (secondary N) is 1. The lowest BCUT2D eigenvalue weighted by Gasteiger charge is -2.27. The molecule has 0 spiro atoms. The number of rotatable bonds is 6. The van der Waals surface area contributed by atoms with Crippen LogP contribution in [-0.2, 0) is 6.54 Å². The molecular weight excluding hydrogens is 220 g/mol. The van der Waals surface area contributed by atoms with E-state index in [1.54, 1.807) is 0 Å². The molecule has 0 saturated heterocycles. The van der Waals surface area contributed by atoms with Crippen LogP contribution in [0.25, 0.3) is 0 Å². The van der Waals surface area contributed by atoms with Crippen LogP contribution in [0.15, 0.2) is 18.2 Å². The zero-order valence-corrected chi connectivity index (χ0v) is 12.2. The highest BCUT2D eigenvalue weighted by Crippen LogP contribution is 2.33. The molecule has 1 aromatic rings. The Bertz CT molecular complexity index is 394. The van der Waals surface area contributed by atoms with Gasteiger partial charge in [-0.3, -0.25) is 0 Å². The van der Waals surface area contributed by atoms with Crippen molar-refractivity contribution in [2.24, 2.45) is 5.92 Å². The molecule has 1 N–H and O–H groups in total. The van der Waals surface area contributed by atoms with Gasteiger partial charge in [-0.05, 0) is 56.0 Å². The first-order valence-corrected chi connectivity index (χ1v) is 7.12. The number of anilines is 1. The van der Waals surface area contributed by atoms with E-state index in [0.717, 1.165) is 18.5 Å². The highest BCUT2D eigenvalue weighted by molar-refractivity contribution is 5.52. The number of hydrogen-bond acceptors (Lipinski definition) is 2. The van der Waals surface area contributed by atoms with Gasteiger partial charge >= 0.3 is 0 Å². The summed E-state index contributed by atoms with van der Waals surface area (Å²) >= 11 is 0. The number of benzene rings is 1. The van der Waals surface area contributed by atoms with Gasteiger partial charge in [0.25, 0.3) is 0 Å². The van der Waals surface area contributed by atoms with Gasteiger partial charge in [0, 0.05) is 24.8 Å². The van der Waals surface area contributed by atoms with E-state index in [2.05, 4.69) is 49.2 Å². The average Bonchev–Trinajstić information content (AvgIpc) is 3.13. The molecule has 0 radical (unpaired) electrons. The summed E-state index contributed by atoms with van der Waals surface area (Å²) in [6, 6.07) is 7.71. The smallest absolute Gasteiger partial charge is 0.0371 e. The number of aryl methyl sites for hydroxylation is 1. The van der Waals surface area contributed by atoms with Crippen LogP contribution >= 0.6 is 0 Å². The fraction of sp³-hybridized carbons (Fsp3) is 0.625. The van der Waals surface area contributed by atoms with Gasteiger partial charge in [0.2, 0.25) is 0 Å². The van der Waals surface area contributed by atoms with Gasteiger partial charge in [-0.15, -0.1) is 0 Å². The zero-order chi connectivity index (χ0) is 13.1. The van der Waals surface area contributed by atoms with Gasteiger partial charge in [0.1, 0.15) is 0 Å². The summed E-state index contributed by atoms with van der Waals surface area (Å²) in [6.45, 7) is 8.96. The Hall–Kier alpha value is -1.02. The second-order valence-electron chi connectivity index (χ2n) is 5.92. The normalized spacial score (nSPS) is 15.2. The van der Waals surface area contributed by atoms with E-state index < -0.39 is 0 Å². The molecule has 0 amide bonds. The molecule has 0 heterocycles. The van der Waals surface area contributed by atoms with Crippen molar-refractivity contribution < 1.29 is 0 Å². The summed E-state index contributed by atoms with van der Waals surface area (Å²) in [7, 11) is 2.00. The SMILES string of the molecule is CNCc1ccc(N(CC(C)C)C2CC2)cc1C. The average molecular weight is 246 g/mol.